The zero-order chi connectivity index (χ0) is 13.0. The molecule has 1 saturated carbocycles. The van der Waals surface area contributed by atoms with Gasteiger partial charge in [0, 0.05) is 6.07 Å². The van der Waals surface area contributed by atoms with Crippen LogP contribution in [-0.2, 0) is 4.79 Å². The molecule has 0 radical (unpaired) electrons. The molecule has 0 unspecified atom stereocenters. The number of carbonyl (C=O) groups excluding carboxylic acids is 1. The van der Waals surface area contributed by atoms with Crippen molar-refractivity contribution >= 4 is 11.6 Å². The number of benzene rings is 1. The number of amides is 1. The molecule has 1 aromatic rings. The minimum absolute atomic E-state index is 0.152. The van der Waals surface area contributed by atoms with Gasteiger partial charge in [0.25, 0.3) is 0 Å². The molecule has 2 rings (SSSR count). The van der Waals surface area contributed by atoms with Gasteiger partial charge in [-0.1, -0.05) is 0 Å². The molecule has 0 spiro atoms. The first kappa shape index (κ1) is 12.8. The molecule has 0 atom stereocenters. The van der Waals surface area contributed by atoms with E-state index in [4.69, 9.17) is 4.74 Å². The van der Waals surface area contributed by atoms with Crippen LogP contribution < -0.4 is 15.4 Å². The second kappa shape index (κ2) is 5.82. The van der Waals surface area contributed by atoms with Gasteiger partial charge in [-0.3, -0.25) is 4.79 Å². The highest BCUT2D eigenvalue weighted by Gasteiger charge is 2.20. The van der Waals surface area contributed by atoms with E-state index in [0.717, 1.165) is 12.5 Å². The summed E-state index contributed by atoms with van der Waals surface area (Å²) in [6, 6.07) is 4.02. The number of nitrogens with one attached hydrogen (secondary N) is 2. The third-order valence-electron chi connectivity index (χ3n) is 2.85. The molecule has 0 bridgehead atoms. The minimum Gasteiger partial charge on any atom is -0.494 e. The first-order valence-corrected chi connectivity index (χ1v) is 6.03. The summed E-state index contributed by atoms with van der Waals surface area (Å²) in [5, 5.41) is 5.78. The van der Waals surface area contributed by atoms with Crippen LogP contribution in [0.2, 0.25) is 0 Å². The van der Waals surface area contributed by atoms with Gasteiger partial charge in [0.15, 0.2) is 0 Å². The lowest BCUT2D eigenvalue weighted by molar-refractivity contribution is -0.115. The Morgan fingerprint density at radius 2 is 2.28 bits per heavy atom. The van der Waals surface area contributed by atoms with Gasteiger partial charge in [-0.15, -0.1) is 0 Å². The summed E-state index contributed by atoms with van der Waals surface area (Å²) in [6.45, 7) is 1.14. The van der Waals surface area contributed by atoms with Crippen LogP contribution in [0, 0.1) is 11.7 Å². The molecular formula is C13H17FN2O2. The Balaban J connectivity index is 1.84. The molecular weight excluding hydrogens is 235 g/mol. The molecule has 1 fully saturated rings. The second-order valence-corrected chi connectivity index (χ2v) is 4.47. The number of hydrogen-bond acceptors (Lipinski definition) is 3. The van der Waals surface area contributed by atoms with Crippen molar-refractivity contribution in [1.29, 1.82) is 0 Å². The van der Waals surface area contributed by atoms with Crippen molar-refractivity contribution in [2.75, 3.05) is 25.5 Å². The van der Waals surface area contributed by atoms with E-state index in [1.807, 2.05) is 0 Å². The lowest BCUT2D eigenvalue weighted by Gasteiger charge is -2.10. The summed E-state index contributed by atoms with van der Waals surface area (Å²) in [4.78, 5) is 11.6. The zero-order valence-corrected chi connectivity index (χ0v) is 10.3. The highest BCUT2D eigenvalue weighted by molar-refractivity contribution is 5.93. The van der Waals surface area contributed by atoms with Crippen LogP contribution in [0.25, 0.3) is 0 Å². The Kier molecular flexibility index (Phi) is 4.15. The quantitative estimate of drug-likeness (QED) is 0.811. The van der Waals surface area contributed by atoms with E-state index in [1.54, 1.807) is 0 Å². The summed E-state index contributed by atoms with van der Waals surface area (Å²) in [5.74, 6) is 0.515. The summed E-state index contributed by atoms with van der Waals surface area (Å²) >= 11 is 0. The number of methoxy groups -OCH3 is 1. The summed E-state index contributed by atoms with van der Waals surface area (Å²) in [5.41, 5.74) is 0.483. The topological polar surface area (TPSA) is 50.4 Å². The number of hydrogen-bond donors (Lipinski definition) is 2. The molecule has 0 saturated heterocycles. The van der Waals surface area contributed by atoms with Gasteiger partial charge in [-0.05, 0) is 37.4 Å². The molecule has 1 aliphatic carbocycles. The van der Waals surface area contributed by atoms with E-state index >= 15 is 0 Å². The Morgan fingerprint density at radius 1 is 1.50 bits per heavy atom. The predicted octanol–water partition coefficient (Wildman–Crippen LogP) is 1.77. The Hall–Kier alpha value is -1.62. The minimum atomic E-state index is -0.392. The largest absolute Gasteiger partial charge is 0.494 e. The van der Waals surface area contributed by atoms with Crippen LogP contribution in [-0.4, -0.2) is 26.1 Å². The molecule has 98 valence electrons. The molecule has 0 aliphatic heterocycles. The van der Waals surface area contributed by atoms with E-state index < -0.39 is 5.82 Å². The van der Waals surface area contributed by atoms with E-state index in [2.05, 4.69) is 10.6 Å². The molecule has 5 heteroatoms. The fourth-order valence-electron chi connectivity index (χ4n) is 1.67. The van der Waals surface area contributed by atoms with Crippen molar-refractivity contribution in [3.05, 3.63) is 24.0 Å². The van der Waals surface area contributed by atoms with Crippen LogP contribution in [0.1, 0.15) is 12.8 Å². The van der Waals surface area contributed by atoms with Crippen molar-refractivity contribution in [2.24, 2.45) is 5.92 Å². The van der Waals surface area contributed by atoms with E-state index in [1.165, 1.54) is 38.2 Å². The van der Waals surface area contributed by atoms with Crippen LogP contribution in [0.4, 0.5) is 10.1 Å². The average Bonchev–Trinajstić information content (AvgIpc) is 3.15. The van der Waals surface area contributed by atoms with Gasteiger partial charge in [0.2, 0.25) is 5.91 Å². The number of ether oxygens (including phenoxy) is 1. The molecule has 18 heavy (non-hydrogen) atoms. The fourth-order valence-corrected chi connectivity index (χ4v) is 1.67. The standard InChI is InChI=1S/C13H17FN2O2/c1-18-12-6-10(14)4-5-11(12)16-13(17)8-15-7-9-2-3-9/h4-6,9,15H,2-3,7-8H2,1H3,(H,16,17). The van der Waals surface area contributed by atoms with Gasteiger partial charge >= 0.3 is 0 Å². The summed E-state index contributed by atoms with van der Waals surface area (Å²) in [7, 11) is 1.44. The van der Waals surface area contributed by atoms with E-state index in [0.29, 0.717) is 11.4 Å². The predicted molar refractivity (Wildman–Crippen MR) is 67.2 cm³/mol. The van der Waals surface area contributed by atoms with Crippen molar-refractivity contribution < 1.29 is 13.9 Å². The Morgan fingerprint density at radius 3 is 2.94 bits per heavy atom. The normalized spacial score (nSPS) is 14.3. The molecule has 1 aromatic carbocycles. The van der Waals surface area contributed by atoms with Crippen LogP contribution >= 0.6 is 0 Å². The first-order valence-electron chi connectivity index (χ1n) is 6.03. The SMILES string of the molecule is COc1cc(F)ccc1NC(=O)CNCC1CC1. The number of carbonyl (C=O) groups is 1. The maximum atomic E-state index is 13.0. The fraction of sp³-hybridized carbons (Fsp3) is 0.462. The smallest absolute Gasteiger partial charge is 0.238 e. The third kappa shape index (κ3) is 3.70. The number of rotatable bonds is 6. The van der Waals surface area contributed by atoms with Gasteiger partial charge in [-0.25, -0.2) is 4.39 Å². The maximum Gasteiger partial charge on any atom is 0.238 e. The van der Waals surface area contributed by atoms with E-state index in [-0.39, 0.29) is 12.5 Å². The van der Waals surface area contributed by atoms with Crippen LogP contribution in [0.3, 0.4) is 0 Å². The van der Waals surface area contributed by atoms with Crippen molar-refractivity contribution in [1.82, 2.24) is 5.32 Å². The zero-order valence-electron chi connectivity index (χ0n) is 10.3. The summed E-state index contributed by atoms with van der Waals surface area (Å²) in [6.07, 6.45) is 2.50. The molecule has 1 amide bonds. The van der Waals surface area contributed by atoms with Crippen molar-refractivity contribution in [3.8, 4) is 5.75 Å². The maximum absolute atomic E-state index is 13.0. The highest BCUT2D eigenvalue weighted by Crippen LogP contribution is 2.27. The highest BCUT2D eigenvalue weighted by atomic mass is 19.1. The molecule has 0 aromatic heterocycles. The molecule has 0 heterocycles. The van der Waals surface area contributed by atoms with Gasteiger partial charge in [0.1, 0.15) is 11.6 Å². The third-order valence-corrected chi connectivity index (χ3v) is 2.85. The van der Waals surface area contributed by atoms with Crippen molar-refractivity contribution in [2.45, 2.75) is 12.8 Å². The number of halogens is 1. The van der Waals surface area contributed by atoms with Gasteiger partial charge in [0.05, 0.1) is 19.3 Å². The summed E-state index contributed by atoms with van der Waals surface area (Å²) < 4.78 is 18.0. The lowest BCUT2D eigenvalue weighted by Crippen LogP contribution is -2.29. The lowest BCUT2D eigenvalue weighted by atomic mass is 10.3. The Labute approximate surface area is 106 Å². The van der Waals surface area contributed by atoms with Crippen molar-refractivity contribution in [3.63, 3.8) is 0 Å². The van der Waals surface area contributed by atoms with E-state index in [9.17, 15) is 9.18 Å². The van der Waals surface area contributed by atoms with Gasteiger partial charge in [-0.2, -0.15) is 0 Å². The number of anilines is 1. The Bertz CT molecular complexity index is 433. The van der Waals surface area contributed by atoms with Gasteiger partial charge < -0.3 is 15.4 Å². The average molecular weight is 252 g/mol. The molecule has 1 aliphatic rings. The molecule has 4 nitrogen and oxygen atoms in total. The molecule has 2 N–H and O–H groups in total. The van der Waals surface area contributed by atoms with Crippen LogP contribution in [0.15, 0.2) is 18.2 Å². The first-order chi connectivity index (χ1) is 8.69. The second-order valence-electron chi connectivity index (χ2n) is 4.47. The van der Waals surface area contributed by atoms with Crippen LogP contribution in [0.5, 0.6) is 5.75 Å². The monoisotopic (exact) mass is 252 g/mol.